The SMILES string of the molecule is CCCCOc1c(C)cc(Oc2c(C)cc(CC(=O)O)cc2C)cc1C. The Kier molecular flexibility index (Phi) is 6.67. The topological polar surface area (TPSA) is 55.8 Å². The molecule has 140 valence electrons. The van der Waals surface area contributed by atoms with E-state index in [0.717, 1.165) is 64.5 Å². The number of ether oxygens (including phenoxy) is 2. The Bertz CT molecular complexity index is 747. The molecule has 0 amide bonds. The summed E-state index contributed by atoms with van der Waals surface area (Å²) in [7, 11) is 0. The largest absolute Gasteiger partial charge is 0.493 e. The molecular formula is C22H28O4. The maximum atomic E-state index is 10.9. The van der Waals surface area contributed by atoms with Crippen molar-refractivity contribution in [2.24, 2.45) is 0 Å². The van der Waals surface area contributed by atoms with Crippen LogP contribution in [0.3, 0.4) is 0 Å². The first kappa shape index (κ1) is 19.8. The average molecular weight is 356 g/mol. The summed E-state index contributed by atoms with van der Waals surface area (Å²) in [4.78, 5) is 10.9. The highest BCUT2D eigenvalue weighted by Crippen LogP contribution is 2.34. The van der Waals surface area contributed by atoms with E-state index in [1.807, 2.05) is 52.0 Å². The predicted octanol–water partition coefficient (Wildman–Crippen LogP) is 5.52. The molecule has 0 saturated carbocycles. The zero-order chi connectivity index (χ0) is 19.3. The van der Waals surface area contributed by atoms with Crippen molar-refractivity contribution in [1.82, 2.24) is 0 Å². The number of aliphatic carboxylic acids is 1. The van der Waals surface area contributed by atoms with Gasteiger partial charge in [0.15, 0.2) is 0 Å². The molecule has 0 aromatic heterocycles. The van der Waals surface area contributed by atoms with Crippen LogP contribution in [0.4, 0.5) is 0 Å². The van der Waals surface area contributed by atoms with Crippen molar-refractivity contribution in [3.63, 3.8) is 0 Å². The number of hydrogen-bond donors (Lipinski definition) is 1. The highest BCUT2D eigenvalue weighted by Gasteiger charge is 2.12. The van der Waals surface area contributed by atoms with Crippen molar-refractivity contribution in [1.29, 1.82) is 0 Å². The third-order valence-electron chi connectivity index (χ3n) is 4.27. The first-order valence-corrected chi connectivity index (χ1v) is 9.05. The summed E-state index contributed by atoms with van der Waals surface area (Å²) in [5.41, 5.74) is 4.74. The van der Waals surface area contributed by atoms with E-state index in [1.165, 1.54) is 0 Å². The summed E-state index contributed by atoms with van der Waals surface area (Å²) < 4.78 is 12.0. The maximum absolute atomic E-state index is 10.9. The number of carbonyl (C=O) groups is 1. The summed E-state index contributed by atoms with van der Waals surface area (Å²) in [6.45, 7) is 10.8. The molecule has 0 fully saturated rings. The van der Waals surface area contributed by atoms with Gasteiger partial charge in [-0.05, 0) is 74.1 Å². The van der Waals surface area contributed by atoms with Crippen LogP contribution in [-0.2, 0) is 11.2 Å². The molecule has 0 unspecified atom stereocenters. The summed E-state index contributed by atoms with van der Waals surface area (Å²) >= 11 is 0. The van der Waals surface area contributed by atoms with E-state index in [1.54, 1.807) is 0 Å². The van der Waals surface area contributed by atoms with Gasteiger partial charge in [-0.1, -0.05) is 25.5 Å². The standard InChI is InChI=1S/C22H28O4/c1-6-7-8-25-21-16(4)11-19(12-17(21)5)26-22-14(2)9-18(10-15(22)3)13-20(23)24/h9-12H,6-8,13H2,1-5H3,(H,23,24). The van der Waals surface area contributed by atoms with Crippen LogP contribution >= 0.6 is 0 Å². The van der Waals surface area contributed by atoms with E-state index in [0.29, 0.717) is 0 Å². The van der Waals surface area contributed by atoms with E-state index >= 15 is 0 Å². The number of benzene rings is 2. The molecule has 2 rings (SSSR count). The minimum absolute atomic E-state index is 0.0178. The molecule has 1 N–H and O–H groups in total. The highest BCUT2D eigenvalue weighted by atomic mass is 16.5. The number of unbranched alkanes of at least 4 members (excludes halogenated alkanes) is 1. The van der Waals surface area contributed by atoms with Crippen LogP contribution in [0.15, 0.2) is 24.3 Å². The van der Waals surface area contributed by atoms with Crippen molar-refractivity contribution < 1.29 is 19.4 Å². The van der Waals surface area contributed by atoms with Gasteiger partial charge in [-0.15, -0.1) is 0 Å². The molecule has 26 heavy (non-hydrogen) atoms. The summed E-state index contributed by atoms with van der Waals surface area (Å²) in [5.74, 6) is 1.64. The third kappa shape index (κ3) is 5.01. The second-order valence-electron chi connectivity index (χ2n) is 6.82. The number of carboxylic acid groups (broad SMARTS) is 1. The molecule has 0 saturated heterocycles. The van der Waals surface area contributed by atoms with E-state index in [-0.39, 0.29) is 6.42 Å². The van der Waals surface area contributed by atoms with Crippen molar-refractivity contribution in [2.75, 3.05) is 6.61 Å². The Balaban J connectivity index is 2.24. The fourth-order valence-corrected chi connectivity index (χ4v) is 3.11. The molecule has 2 aromatic carbocycles. The maximum Gasteiger partial charge on any atom is 0.307 e. The Hall–Kier alpha value is -2.49. The lowest BCUT2D eigenvalue weighted by Gasteiger charge is -2.17. The Morgan fingerprint density at radius 1 is 0.923 bits per heavy atom. The number of hydrogen-bond acceptors (Lipinski definition) is 3. The molecule has 0 aliphatic heterocycles. The molecule has 4 nitrogen and oxygen atoms in total. The van der Waals surface area contributed by atoms with Crippen LogP contribution < -0.4 is 9.47 Å². The van der Waals surface area contributed by atoms with Gasteiger partial charge in [0.1, 0.15) is 17.2 Å². The molecule has 0 atom stereocenters. The second-order valence-corrected chi connectivity index (χ2v) is 6.82. The quantitative estimate of drug-likeness (QED) is 0.633. The molecule has 0 aliphatic rings. The van der Waals surface area contributed by atoms with Gasteiger partial charge in [-0.2, -0.15) is 0 Å². The van der Waals surface area contributed by atoms with Gasteiger partial charge in [0, 0.05) is 0 Å². The normalized spacial score (nSPS) is 10.7. The number of rotatable bonds is 8. The third-order valence-corrected chi connectivity index (χ3v) is 4.27. The van der Waals surface area contributed by atoms with E-state index in [4.69, 9.17) is 14.6 Å². The molecule has 0 heterocycles. The Morgan fingerprint density at radius 3 is 1.96 bits per heavy atom. The van der Waals surface area contributed by atoms with Gasteiger partial charge in [-0.25, -0.2) is 0 Å². The predicted molar refractivity (Wildman–Crippen MR) is 104 cm³/mol. The summed E-state index contributed by atoms with van der Waals surface area (Å²) in [6, 6.07) is 7.72. The van der Waals surface area contributed by atoms with Crippen molar-refractivity contribution in [3.05, 3.63) is 52.1 Å². The Labute approximate surface area is 155 Å². The van der Waals surface area contributed by atoms with Crippen LogP contribution in [0, 0.1) is 27.7 Å². The molecule has 0 aliphatic carbocycles. The molecule has 4 heteroatoms. The van der Waals surface area contributed by atoms with Crippen LogP contribution in [0.5, 0.6) is 17.2 Å². The lowest BCUT2D eigenvalue weighted by atomic mass is 10.0. The van der Waals surface area contributed by atoms with E-state index in [2.05, 4.69) is 6.92 Å². The fourth-order valence-electron chi connectivity index (χ4n) is 3.11. The minimum atomic E-state index is -0.831. The van der Waals surface area contributed by atoms with Gasteiger partial charge in [-0.3, -0.25) is 4.79 Å². The van der Waals surface area contributed by atoms with Crippen LogP contribution in [0.25, 0.3) is 0 Å². The number of carboxylic acids is 1. The Morgan fingerprint density at radius 2 is 1.46 bits per heavy atom. The fraction of sp³-hybridized carbons (Fsp3) is 0.409. The van der Waals surface area contributed by atoms with Gasteiger partial charge in [0.25, 0.3) is 0 Å². The first-order chi connectivity index (χ1) is 12.3. The average Bonchev–Trinajstić information content (AvgIpc) is 2.53. The van der Waals surface area contributed by atoms with Crippen LogP contribution in [0.2, 0.25) is 0 Å². The summed E-state index contributed by atoms with van der Waals surface area (Å²) in [6.07, 6.45) is 2.16. The zero-order valence-corrected chi connectivity index (χ0v) is 16.3. The highest BCUT2D eigenvalue weighted by molar-refractivity contribution is 5.70. The van der Waals surface area contributed by atoms with Crippen LogP contribution in [-0.4, -0.2) is 17.7 Å². The first-order valence-electron chi connectivity index (χ1n) is 9.05. The van der Waals surface area contributed by atoms with Crippen LogP contribution in [0.1, 0.15) is 47.6 Å². The van der Waals surface area contributed by atoms with Gasteiger partial charge in [0.2, 0.25) is 0 Å². The van der Waals surface area contributed by atoms with Gasteiger partial charge < -0.3 is 14.6 Å². The lowest BCUT2D eigenvalue weighted by Crippen LogP contribution is -2.03. The monoisotopic (exact) mass is 356 g/mol. The minimum Gasteiger partial charge on any atom is -0.493 e. The van der Waals surface area contributed by atoms with Gasteiger partial charge in [0.05, 0.1) is 13.0 Å². The van der Waals surface area contributed by atoms with E-state index in [9.17, 15) is 4.79 Å². The smallest absolute Gasteiger partial charge is 0.307 e. The molecular weight excluding hydrogens is 328 g/mol. The van der Waals surface area contributed by atoms with Crippen molar-refractivity contribution in [3.8, 4) is 17.2 Å². The summed E-state index contributed by atoms with van der Waals surface area (Å²) in [5, 5.41) is 8.97. The van der Waals surface area contributed by atoms with E-state index < -0.39 is 5.97 Å². The molecule has 0 bridgehead atoms. The molecule has 0 radical (unpaired) electrons. The number of aryl methyl sites for hydroxylation is 4. The van der Waals surface area contributed by atoms with Crippen molar-refractivity contribution in [2.45, 2.75) is 53.9 Å². The lowest BCUT2D eigenvalue weighted by molar-refractivity contribution is -0.136. The molecule has 2 aromatic rings. The molecule has 0 spiro atoms. The van der Waals surface area contributed by atoms with Crippen molar-refractivity contribution >= 4 is 5.97 Å². The second kappa shape index (κ2) is 8.75. The zero-order valence-electron chi connectivity index (χ0n) is 16.3. The van der Waals surface area contributed by atoms with Gasteiger partial charge >= 0.3 is 5.97 Å².